The predicted octanol–water partition coefficient (Wildman–Crippen LogP) is 1.47. The minimum absolute atomic E-state index is 0.828. The van der Waals surface area contributed by atoms with Crippen molar-refractivity contribution in [2.75, 3.05) is 0 Å². The van der Waals surface area contributed by atoms with E-state index in [9.17, 15) is 13.6 Å². The lowest BCUT2D eigenvalue weighted by molar-refractivity contribution is -0.146. The molecule has 0 fully saturated rings. The van der Waals surface area contributed by atoms with Crippen LogP contribution >= 0.6 is 0 Å². The van der Waals surface area contributed by atoms with Gasteiger partial charge in [0.1, 0.15) is 6.04 Å². The molecular weight excluding hydrogens is 180 g/mol. The second kappa shape index (κ2) is 3.57. The Kier molecular flexibility index (Phi) is 3.38. The summed E-state index contributed by atoms with van der Waals surface area (Å²) in [7, 11) is 0. The van der Waals surface area contributed by atoms with Crippen molar-refractivity contribution in [2.45, 2.75) is 39.2 Å². The van der Waals surface area contributed by atoms with Crippen LogP contribution in [0.25, 0.3) is 0 Å². The van der Waals surface area contributed by atoms with Crippen LogP contribution in [0, 0.1) is 5.41 Å². The second-order valence-electron chi connectivity index (χ2n) is 4.10. The zero-order valence-electron chi connectivity index (χ0n) is 7.97. The Labute approximate surface area is 75.9 Å². The van der Waals surface area contributed by atoms with Crippen LogP contribution in [0.5, 0.6) is 0 Å². The van der Waals surface area contributed by atoms with Gasteiger partial charge in [-0.3, -0.25) is 4.79 Å². The first-order valence-corrected chi connectivity index (χ1v) is 3.94. The molecule has 0 saturated heterocycles. The van der Waals surface area contributed by atoms with E-state index in [2.05, 4.69) is 0 Å². The smallest absolute Gasteiger partial charge is 0.320 e. The van der Waals surface area contributed by atoms with Gasteiger partial charge in [0.25, 0.3) is 5.92 Å². The van der Waals surface area contributed by atoms with Crippen molar-refractivity contribution < 1.29 is 18.7 Å². The van der Waals surface area contributed by atoms with E-state index in [0.717, 1.165) is 0 Å². The topological polar surface area (TPSA) is 63.3 Å². The first kappa shape index (κ1) is 12.3. The molecule has 13 heavy (non-hydrogen) atoms. The van der Waals surface area contributed by atoms with E-state index < -0.39 is 29.8 Å². The zero-order valence-corrected chi connectivity index (χ0v) is 7.97. The fraction of sp³-hybridized carbons (Fsp3) is 0.875. The monoisotopic (exact) mass is 195 g/mol. The highest BCUT2D eigenvalue weighted by Gasteiger charge is 2.45. The molecular formula is C8H15F2NO2. The van der Waals surface area contributed by atoms with Crippen LogP contribution in [0.4, 0.5) is 8.78 Å². The number of alkyl halides is 2. The summed E-state index contributed by atoms with van der Waals surface area (Å²) < 4.78 is 26.4. The summed E-state index contributed by atoms with van der Waals surface area (Å²) in [5.41, 5.74) is 3.76. The van der Waals surface area contributed by atoms with Crippen molar-refractivity contribution in [3.05, 3.63) is 0 Å². The molecule has 0 radical (unpaired) electrons. The molecule has 0 aromatic rings. The number of hydrogen-bond acceptors (Lipinski definition) is 2. The van der Waals surface area contributed by atoms with Gasteiger partial charge in [0.15, 0.2) is 0 Å². The molecule has 0 rings (SSSR count). The van der Waals surface area contributed by atoms with Crippen LogP contribution in [-0.4, -0.2) is 23.0 Å². The van der Waals surface area contributed by atoms with E-state index in [-0.39, 0.29) is 0 Å². The molecule has 78 valence electrons. The fourth-order valence-electron chi connectivity index (χ4n) is 0.670. The Hall–Kier alpha value is -0.710. The largest absolute Gasteiger partial charge is 0.480 e. The van der Waals surface area contributed by atoms with E-state index >= 15 is 0 Å². The summed E-state index contributed by atoms with van der Waals surface area (Å²) in [6.45, 7) is 4.05. The van der Waals surface area contributed by atoms with Gasteiger partial charge in [0.2, 0.25) is 0 Å². The number of hydrogen-bond donors (Lipinski definition) is 2. The molecule has 0 amide bonds. The number of carbonyl (C=O) groups is 1. The minimum atomic E-state index is -3.06. The maximum atomic E-state index is 13.2. The number of carboxylic acid groups (broad SMARTS) is 1. The molecule has 0 aromatic carbocycles. The Bertz CT molecular complexity index is 199. The molecule has 0 heterocycles. The quantitative estimate of drug-likeness (QED) is 0.716. The Morgan fingerprint density at radius 2 is 1.85 bits per heavy atom. The third-order valence-electron chi connectivity index (χ3n) is 1.89. The van der Waals surface area contributed by atoms with Crippen molar-refractivity contribution in [3.63, 3.8) is 0 Å². The molecule has 1 atom stereocenters. The zero-order chi connectivity index (χ0) is 10.9. The second-order valence-corrected chi connectivity index (χ2v) is 4.10. The Morgan fingerprint density at radius 1 is 1.46 bits per heavy atom. The van der Waals surface area contributed by atoms with Crippen LogP contribution in [0.3, 0.4) is 0 Å². The lowest BCUT2D eigenvalue weighted by atomic mass is 9.84. The first-order valence-electron chi connectivity index (χ1n) is 3.94. The summed E-state index contributed by atoms with van der Waals surface area (Å²) in [4.78, 5) is 10.2. The van der Waals surface area contributed by atoms with Crippen molar-refractivity contribution in [2.24, 2.45) is 11.1 Å². The van der Waals surface area contributed by atoms with Crippen molar-refractivity contribution >= 4 is 5.97 Å². The van der Waals surface area contributed by atoms with Crippen molar-refractivity contribution in [1.82, 2.24) is 0 Å². The third-order valence-corrected chi connectivity index (χ3v) is 1.89. The number of aliphatic carboxylic acids is 1. The summed E-state index contributed by atoms with van der Waals surface area (Å²) in [6.07, 6.45) is -0.828. The number of nitrogens with two attached hydrogens (primary N) is 1. The fourth-order valence-corrected chi connectivity index (χ4v) is 0.670. The molecule has 0 bridgehead atoms. The summed E-state index contributed by atoms with van der Waals surface area (Å²) >= 11 is 0. The molecule has 5 heteroatoms. The van der Waals surface area contributed by atoms with E-state index in [4.69, 9.17) is 10.8 Å². The van der Waals surface area contributed by atoms with E-state index in [1.54, 1.807) is 0 Å². The van der Waals surface area contributed by atoms with Crippen LogP contribution in [0.2, 0.25) is 0 Å². The summed E-state index contributed by atoms with van der Waals surface area (Å²) in [5, 5.41) is 8.35. The molecule has 1 unspecified atom stereocenters. The van der Waals surface area contributed by atoms with E-state index in [0.29, 0.717) is 0 Å². The average molecular weight is 195 g/mol. The first-order chi connectivity index (χ1) is 5.58. The number of halogens is 2. The van der Waals surface area contributed by atoms with Gasteiger partial charge in [-0.1, -0.05) is 20.8 Å². The lowest BCUT2D eigenvalue weighted by Crippen LogP contribution is -2.43. The third kappa shape index (κ3) is 3.26. The summed E-state index contributed by atoms with van der Waals surface area (Å²) in [5.74, 6) is -4.46. The minimum Gasteiger partial charge on any atom is -0.480 e. The maximum absolute atomic E-state index is 13.2. The number of carboxylic acids is 1. The van der Waals surface area contributed by atoms with Crippen LogP contribution in [-0.2, 0) is 4.79 Å². The maximum Gasteiger partial charge on any atom is 0.320 e. The summed E-state index contributed by atoms with van der Waals surface area (Å²) in [6, 6.07) is -1.51. The van der Waals surface area contributed by atoms with E-state index in [1.165, 1.54) is 20.8 Å². The highest BCUT2D eigenvalue weighted by atomic mass is 19.3. The van der Waals surface area contributed by atoms with Gasteiger partial charge < -0.3 is 10.8 Å². The van der Waals surface area contributed by atoms with Gasteiger partial charge in [-0.05, 0) is 0 Å². The average Bonchev–Trinajstić information content (AvgIpc) is 1.83. The molecule has 0 aromatic heterocycles. The molecule has 0 spiro atoms. The van der Waals surface area contributed by atoms with Crippen molar-refractivity contribution in [3.8, 4) is 0 Å². The van der Waals surface area contributed by atoms with Gasteiger partial charge >= 0.3 is 5.97 Å². The SMILES string of the molecule is CC(C)(C)C(F)(F)CC(N)C(=O)O. The molecule has 3 nitrogen and oxygen atoms in total. The lowest BCUT2D eigenvalue weighted by Gasteiger charge is -2.31. The highest BCUT2D eigenvalue weighted by Crippen LogP contribution is 2.38. The standard InChI is InChI=1S/C8H15F2NO2/c1-7(2,3)8(9,10)4-5(11)6(12)13/h5H,4,11H2,1-3H3,(H,12,13). The van der Waals surface area contributed by atoms with Gasteiger partial charge in [-0.15, -0.1) is 0 Å². The van der Waals surface area contributed by atoms with Gasteiger partial charge in [0.05, 0.1) is 0 Å². The number of rotatable bonds is 3. The molecule has 3 N–H and O–H groups in total. The Balaban J connectivity index is 4.43. The van der Waals surface area contributed by atoms with Gasteiger partial charge in [-0.25, -0.2) is 8.78 Å². The Morgan fingerprint density at radius 3 is 2.08 bits per heavy atom. The highest BCUT2D eigenvalue weighted by molar-refractivity contribution is 5.73. The molecule has 0 aliphatic rings. The molecule has 0 aliphatic carbocycles. The van der Waals surface area contributed by atoms with Crippen LogP contribution < -0.4 is 5.73 Å². The van der Waals surface area contributed by atoms with Gasteiger partial charge in [0, 0.05) is 11.8 Å². The van der Waals surface area contributed by atoms with Crippen molar-refractivity contribution in [1.29, 1.82) is 0 Å². The molecule has 0 saturated carbocycles. The predicted molar refractivity (Wildman–Crippen MR) is 44.6 cm³/mol. The van der Waals surface area contributed by atoms with Crippen LogP contribution in [0.1, 0.15) is 27.2 Å². The normalized spacial score (nSPS) is 15.5. The van der Waals surface area contributed by atoms with Gasteiger partial charge in [-0.2, -0.15) is 0 Å². The van der Waals surface area contributed by atoms with E-state index in [1.807, 2.05) is 0 Å². The van der Waals surface area contributed by atoms with Crippen LogP contribution in [0.15, 0.2) is 0 Å². The molecule has 0 aliphatic heterocycles.